The van der Waals surface area contributed by atoms with E-state index in [9.17, 15) is 14.7 Å². The van der Waals surface area contributed by atoms with Gasteiger partial charge in [0.15, 0.2) is 0 Å². The molecule has 154 valence electrons. The summed E-state index contributed by atoms with van der Waals surface area (Å²) in [7, 11) is 1.25. The van der Waals surface area contributed by atoms with Gasteiger partial charge in [0.1, 0.15) is 13.1 Å². The number of para-hydroxylation sites is 1. The molecule has 3 N–H and O–H groups in total. The fourth-order valence-electron chi connectivity index (χ4n) is 3.94. The third-order valence-corrected chi connectivity index (χ3v) is 5.30. The number of aliphatic hydroxyl groups is 1. The molecule has 1 aliphatic rings. The maximum Gasteiger partial charge on any atom is 0.337 e. The number of aldehydes is 1. The number of hydrogen-bond donors (Lipinski definition) is 3. The zero-order valence-corrected chi connectivity index (χ0v) is 16.4. The lowest BCUT2D eigenvalue weighted by molar-refractivity contribution is -0.137. The molecule has 0 saturated heterocycles. The Morgan fingerprint density at radius 2 is 2.10 bits per heavy atom. The van der Waals surface area contributed by atoms with Crippen LogP contribution in [0, 0.1) is 11.8 Å². The van der Waals surface area contributed by atoms with Crippen molar-refractivity contribution in [3.8, 4) is 0 Å². The SMILES string of the molecule is C=C[C@@H](C=O)[C@H](C[C@@H]1NCCc2c1[nH]c1ccccc21)/C(=C/O)C(=O)OC.C=O. The Morgan fingerprint density at radius 1 is 1.38 bits per heavy atom. The van der Waals surface area contributed by atoms with Crippen molar-refractivity contribution in [1.82, 2.24) is 10.3 Å². The summed E-state index contributed by atoms with van der Waals surface area (Å²) >= 11 is 0. The van der Waals surface area contributed by atoms with Gasteiger partial charge in [-0.05, 0) is 31.0 Å². The number of rotatable bonds is 7. The number of hydrogen-bond acceptors (Lipinski definition) is 6. The summed E-state index contributed by atoms with van der Waals surface area (Å²) in [5, 5.41) is 14.3. The van der Waals surface area contributed by atoms with Gasteiger partial charge < -0.3 is 29.7 Å². The molecule has 0 aliphatic carbocycles. The molecule has 0 fully saturated rings. The second-order valence-electron chi connectivity index (χ2n) is 6.69. The monoisotopic (exact) mass is 398 g/mol. The molecule has 1 aromatic heterocycles. The number of ether oxygens (including phenoxy) is 1. The predicted molar refractivity (Wildman–Crippen MR) is 110 cm³/mol. The van der Waals surface area contributed by atoms with E-state index in [-0.39, 0.29) is 11.6 Å². The number of aromatic nitrogens is 1. The van der Waals surface area contributed by atoms with Crippen molar-refractivity contribution in [3.63, 3.8) is 0 Å². The van der Waals surface area contributed by atoms with Crippen LogP contribution in [0.15, 0.2) is 48.8 Å². The van der Waals surface area contributed by atoms with Crippen LogP contribution in [0.1, 0.15) is 23.7 Å². The minimum absolute atomic E-state index is 0.0690. The first-order valence-corrected chi connectivity index (χ1v) is 9.26. The lowest BCUT2D eigenvalue weighted by atomic mass is 9.80. The van der Waals surface area contributed by atoms with E-state index in [1.54, 1.807) is 0 Å². The van der Waals surface area contributed by atoms with Gasteiger partial charge >= 0.3 is 5.97 Å². The topological polar surface area (TPSA) is 108 Å². The van der Waals surface area contributed by atoms with E-state index in [0.29, 0.717) is 6.42 Å². The maximum atomic E-state index is 12.1. The second-order valence-corrected chi connectivity index (χ2v) is 6.69. The number of nitrogens with one attached hydrogen (secondary N) is 2. The molecule has 0 spiro atoms. The van der Waals surface area contributed by atoms with Crippen LogP contribution in [-0.4, -0.2) is 42.8 Å². The number of carbonyl (C=O) groups is 3. The van der Waals surface area contributed by atoms with Crippen molar-refractivity contribution in [2.45, 2.75) is 18.9 Å². The summed E-state index contributed by atoms with van der Waals surface area (Å²) in [6, 6.07) is 8.04. The van der Waals surface area contributed by atoms with E-state index in [2.05, 4.69) is 22.9 Å². The molecule has 0 amide bonds. The van der Waals surface area contributed by atoms with Gasteiger partial charge in [-0.3, -0.25) is 0 Å². The lowest BCUT2D eigenvalue weighted by Crippen LogP contribution is -2.34. The summed E-state index contributed by atoms with van der Waals surface area (Å²) in [5.41, 5.74) is 3.44. The van der Waals surface area contributed by atoms with E-state index in [0.717, 1.165) is 36.7 Å². The van der Waals surface area contributed by atoms with Crippen molar-refractivity contribution in [1.29, 1.82) is 0 Å². The highest BCUT2D eigenvalue weighted by atomic mass is 16.5. The van der Waals surface area contributed by atoms with Gasteiger partial charge in [0.2, 0.25) is 0 Å². The van der Waals surface area contributed by atoms with Gasteiger partial charge in [0, 0.05) is 34.5 Å². The van der Waals surface area contributed by atoms with E-state index in [1.807, 2.05) is 25.0 Å². The summed E-state index contributed by atoms with van der Waals surface area (Å²) in [5.74, 6) is -1.81. The molecule has 0 radical (unpaired) electrons. The summed E-state index contributed by atoms with van der Waals surface area (Å²) in [6.07, 6.45) is 4.33. The van der Waals surface area contributed by atoms with E-state index in [1.165, 1.54) is 24.1 Å². The van der Waals surface area contributed by atoms with Gasteiger partial charge in [-0.15, -0.1) is 6.58 Å². The molecule has 0 bridgehead atoms. The van der Waals surface area contributed by atoms with Crippen LogP contribution >= 0.6 is 0 Å². The Kier molecular flexibility index (Phi) is 7.91. The molecule has 2 aromatic rings. The van der Waals surface area contributed by atoms with Gasteiger partial charge in [0.25, 0.3) is 0 Å². The molecule has 7 heteroatoms. The number of aliphatic hydroxyl groups excluding tert-OH is 1. The molecule has 0 unspecified atom stereocenters. The molecule has 2 heterocycles. The predicted octanol–water partition coefficient (Wildman–Crippen LogP) is 2.79. The molecule has 3 atom stereocenters. The van der Waals surface area contributed by atoms with Crippen LogP contribution in [-0.2, 0) is 25.5 Å². The molecule has 0 saturated carbocycles. The molecule has 1 aliphatic heterocycles. The first kappa shape index (κ1) is 22.1. The number of benzene rings is 1. The summed E-state index contributed by atoms with van der Waals surface area (Å²) in [4.78, 5) is 35.2. The average molecular weight is 398 g/mol. The first-order valence-electron chi connectivity index (χ1n) is 9.26. The zero-order chi connectivity index (χ0) is 21.4. The fourth-order valence-corrected chi connectivity index (χ4v) is 3.94. The Hall–Kier alpha value is -3.19. The number of carbonyl (C=O) groups excluding carboxylic acids is 3. The minimum atomic E-state index is -0.649. The maximum absolute atomic E-state index is 12.1. The standard InChI is InChI=1S/C21H24N2O4.CH2O/c1-3-13(11-24)16(17(12-25)21(26)27-2)10-19-20-15(8-9-22-19)14-6-4-5-7-18(14)23-20;1-2/h3-7,11-13,16,19,22-23,25H,1,8-10H2,2H3;1H2/b17-12-;/t13-,16-,19-;/m0./s1. The molecule has 3 rings (SSSR count). The number of methoxy groups -OCH3 is 1. The van der Waals surface area contributed by atoms with Crippen LogP contribution in [0.5, 0.6) is 0 Å². The van der Waals surface area contributed by atoms with Crippen molar-refractivity contribution in [2.75, 3.05) is 13.7 Å². The summed E-state index contributed by atoms with van der Waals surface area (Å²) < 4.78 is 4.78. The smallest absolute Gasteiger partial charge is 0.337 e. The fraction of sp³-hybridized carbons (Fsp3) is 0.318. The molecule has 1 aromatic carbocycles. The van der Waals surface area contributed by atoms with Gasteiger partial charge in [-0.2, -0.15) is 0 Å². The van der Waals surface area contributed by atoms with Gasteiger partial charge in [-0.25, -0.2) is 4.79 Å². The second kappa shape index (κ2) is 10.4. The molecule has 29 heavy (non-hydrogen) atoms. The zero-order valence-electron chi connectivity index (χ0n) is 16.4. The van der Waals surface area contributed by atoms with Crippen LogP contribution in [0.4, 0.5) is 0 Å². The van der Waals surface area contributed by atoms with Crippen molar-refractivity contribution in [2.24, 2.45) is 11.8 Å². The highest BCUT2D eigenvalue weighted by molar-refractivity contribution is 5.89. The first-order chi connectivity index (χ1) is 14.1. The molecule has 7 nitrogen and oxygen atoms in total. The molecular weight excluding hydrogens is 372 g/mol. The Balaban J connectivity index is 0.00000145. The highest BCUT2D eigenvalue weighted by Crippen LogP contribution is 2.36. The number of allylic oxidation sites excluding steroid dienone is 1. The van der Waals surface area contributed by atoms with Crippen LogP contribution < -0.4 is 5.32 Å². The Labute approximate surface area is 169 Å². The van der Waals surface area contributed by atoms with Crippen LogP contribution in [0.3, 0.4) is 0 Å². The molecular formula is C22H26N2O5. The van der Waals surface area contributed by atoms with Gasteiger partial charge in [0.05, 0.1) is 18.9 Å². The van der Waals surface area contributed by atoms with Crippen molar-refractivity contribution < 1.29 is 24.2 Å². The van der Waals surface area contributed by atoms with Crippen LogP contribution in [0.25, 0.3) is 10.9 Å². The quantitative estimate of drug-likeness (QED) is 0.218. The lowest BCUT2D eigenvalue weighted by Gasteiger charge is -2.30. The van der Waals surface area contributed by atoms with E-state index >= 15 is 0 Å². The average Bonchev–Trinajstić information content (AvgIpc) is 3.16. The third kappa shape index (κ3) is 4.46. The van der Waals surface area contributed by atoms with Crippen molar-refractivity contribution in [3.05, 3.63) is 60.0 Å². The number of H-pyrrole nitrogens is 1. The van der Waals surface area contributed by atoms with Crippen LogP contribution in [0.2, 0.25) is 0 Å². The highest BCUT2D eigenvalue weighted by Gasteiger charge is 2.33. The van der Waals surface area contributed by atoms with E-state index in [4.69, 9.17) is 9.53 Å². The Bertz CT molecular complexity index is 894. The Morgan fingerprint density at radius 3 is 2.72 bits per heavy atom. The summed E-state index contributed by atoms with van der Waals surface area (Å²) in [6.45, 7) is 6.50. The van der Waals surface area contributed by atoms with Gasteiger partial charge in [-0.1, -0.05) is 24.3 Å². The normalized spacial score (nSPS) is 18.0. The largest absolute Gasteiger partial charge is 0.515 e. The number of esters is 1. The third-order valence-electron chi connectivity index (χ3n) is 5.30. The minimum Gasteiger partial charge on any atom is -0.515 e. The number of fused-ring (bicyclic) bond motifs is 3. The number of aromatic amines is 1. The van der Waals surface area contributed by atoms with Crippen molar-refractivity contribution >= 4 is 29.9 Å². The van der Waals surface area contributed by atoms with E-state index < -0.39 is 17.8 Å².